The third-order valence-corrected chi connectivity index (χ3v) is 2.56. The second-order valence-electron chi connectivity index (χ2n) is 3.97. The Kier molecular flexibility index (Phi) is 3.64. The van der Waals surface area contributed by atoms with Crippen molar-refractivity contribution in [3.8, 4) is 0 Å². The van der Waals surface area contributed by atoms with Gasteiger partial charge in [-0.2, -0.15) is 0 Å². The predicted molar refractivity (Wildman–Crippen MR) is 57.5 cm³/mol. The molecular weight excluding hydrogens is 177 g/mol. The van der Waals surface area contributed by atoms with Crippen LogP contribution in [0.5, 0.6) is 0 Å². The molecule has 0 aliphatic rings. The number of halogens is 1. The first-order valence-electron chi connectivity index (χ1n) is 5.10. The van der Waals surface area contributed by atoms with Crippen LogP contribution in [0, 0.1) is 11.7 Å². The number of benzene rings is 1. The van der Waals surface area contributed by atoms with Gasteiger partial charge in [-0.1, -0.05) is 26.8 Å². The van der Waals surface area contributed by atoms with Gasteiger partial charge in [-0.25, -0.2) is 4.39 Å². The Balaban J connectivity index is 3.07. The minimum absolute atomic E-state index is 0.00514. The normalized spacial score (nSPS) is 13.3. The van der Waals surface area contributed by atoms with Crippen molar-refractivity contribution in [1.29, 1.82) is 0 Å². The summed E-state index contributed by atoms with van der Waals surface area (Å²) in [5.41, 5.74) is 8.13. The summed E-state index contributed by atoms with van der Waals surface area (Å²) in [5, 5.41) is 0. The summed E-state index contributed by atoms with van der Waals surface area (Å²) in [5.74, 6) is 0.201. The van der Waals surface area contributed by atoms with Gasteiger partial charge >= 0.3 is 0 Å². The molecule has 0 amide bonds. The Hall–Kier alpha value is -0.890. The molecule has 14 heavy (non-hydrogen) atoms. The average molecular weight is 195 g/mol. The Morgan fingerprint density at radius 3 is 2.50 bits per heavy atom. The molecule has 0 aliphatic carbocycles. The van der Waals surface area contributed by atoms with Gasteiger partial charge in [-0.05, 0) is 35.6 Å². The number of aryl methyl sites for hydroxylation is 1. The highest BCUT2D eigenvalue weighted by Gasteiger charge is 2.13. The summed E-state index contributed by atoms with van der Waals surface area (Å²) in [4.78, 5) is 0. The summed E-state index contributed by atoms with van der Waals surface area (Å²) in [7, 11) is 0. The Morgan fingerprint density at radius 1 is 1.36 bits per heavy atom. The maximum atomic E-state index is 13.0. The van der Waals surface area contributed by atoms with E-state index in [0.29, 0.717) is 5.92 Å². The molecule has 78 valence electrons. The highest BCUT2D eigenvalue weighted by molar-refractivity contribution is 5.30. The first-order chi connectivity index (χ1) is 6.56. The van der Waals surface area contributed by atoms with Gasteiger partial charge in [-0.3, -0.25) is 0 Å². The lowest BCUT2D eigenvalue weighted by Gasteiger charge is -2.19. The molecule has 1 aromatic rings. The smallest absolute Gasteiger partial charge is 0.123 e. The van der Waals surface area contributed by atoms with E-state index in [2.05, 4.69) is 13.8 Å². The van der Waals surface area contributed by atoms with Gasteiger partial charge in [0.1, 0.15) is 5.82 Å². The molecule has 0 heterocycles. The third kappa shape index (κ3) is 2.32. The van der Waals surface area contributed by atoms with E-state index in [1.165, 1.54) is 6.07 Å². The molecule has 1 nitrogen and oxygen atoms in total. The van der Waals surface area contributed by atoms with Crippen LogP contribution in [0.15, 0.2) is 18.2 Å². The van der Waals surface area contributed by atoms with Crippen LogP contribution in [0.4, 0.5) is 4.39 Å². The number of rotatable bonds is 3. The van der Waals surface area contributed by atoms with Crippen molar-refractivity contribution in [2.45, 2.75) is 33.2 Å². The SMILES string of the molecule is CCc1cc(F)ccc1[C@H](N)C(C)C. The second kappa shape index (κ2) is 4.56. The topological polar surface area (TPSA) is 26.0 Å². The minimum atomic E-state index is -0.179. The lowest BCUT2D eigenvalue weighted by atomic mass is 9.92. The fourth-order valence-corrected chi connectivity index (χ4v) is 1.56. The molecule has 0 aliphatic heterocycles. The van der Waals surface area contributed by atoms with Gasteiger partial charge < -0.3 is 5.73 Å². The summed E-state index contributed by atoms with van der Waals surface area (Å²) in [6, 6.07) is 4.87. The minimum Gasteiger partial charge on any atom is -0.324 e. The highest BCUT2D eigenvalue weighted by Crippen LogP contribution is 2.23. The maximum absolute atomic E-state index is 13.0. The van der Waals surface area contributed by atoms with E-state index < -0.39 is 0 Å². The molecule has 0 saturated heterocycles. The monoisotopic (exact) mass is 195 g/mol. The summed E-state index contributed by atoms with van der Waals surface area (Å²) < 4.78 is 13.0. The van der Waals surface area contributed by atoms with Crippen molar-refractivity contribution >= 4 is 0 Å². The van der Waals surface area contributed by atoms with E-state index >= 15 is 0 Å². The number of nitrogens with two attached hydrogens (primary N) is 1. The van der Waals surface area contributed by atoms with Crippen LogP contribution in [0.1, 0.15) is 37.9 Å². The summed E-state index contributed by atoms with van der Waals surface area (Å²) in [6.07, 6.45) is 0.827. The van der Waals surface area contributed by atoms with Crippen LogP contribution in [-0.4, -0.2) is 0 Å². The van der Waals surface area contributed by atoms with Gasteiger partial charge in [0.25, 0.3) is 0 Å². The molecule has 1 aromatic carbocycles. The largest absolute Gasteiger partial charge is 0.324 e. The van der Waals surface area contributed by atoms with Crippen LogP contribution in [0.25, 0.3) is 0 Å². The molecule has 0 unspecified atom stereocenters. The molecule has 0 saturated carbocycles. The zero-order valence-electron chi connectivity index (χ0n) is 9.05. The van der Waals surface area contributed by atoms with Crippen molar-refractivity contribution in [2.75, 3.05) is 0 Å². The van der Waals surface area contributed by atoms with Gasteiger partial charge in [-0.15, -0.1) is 0 Å². The Labute approximate surface area is 85.1 Å². The van der Waals surface area contributed by atoms with Crippen LogP contribution < -0.4 is 5.73 Å². The molecule has 0 aromatic heterocycles. The van der Waals surface area contributed by atoms with E-state index in [1.54, 1.807) is 12.1 Å². The highest BCUT2D eigenvalue weighted by atomic mass is 19.1. The van der Waals surface area contributed by atoms with Gasteiger partial charge in [0.15, 0.2) is 0 Å². The number of hydrogen-bond acceptors (Lipinski definition) is 1. The zero-order valence-corrected chi connectivity index (χ0v) is 9.05. The fourth-order valence-electron chi connectivity index (χ4n) is 1.56. The molecule has 0 bridgehead atoms. The van der Waals surface area contributed by atoms with Gasteiger partial charge in [0.2, 0.25) is 0 Å². The van der Waals surface area contributed by atoms with E-state index in [4.69, 9.17) is 5.73 Å². The molecule has 0 spiro atoms. The van der Waals surface area contributed by atoms with E-state index in [9.17, 15) is 4.39 Å². The maximum Gasteiger partial charge on any atom is 0.123 e. The molecule has 2 heteroatoms. The number of hydrogen-bond donors (Lipinski definition) is 1. The Bertz CT molecular complexity index is 307. The lowest BCUT2D eigenvalue weighted by molar-refractivity contribution is 0.509. The van der Waals surface area contributed by atoms with E-state index in [-0.39, 0.29) is 11.9 Å². The molecule has 1 atom stereocenters. The lowest BCUT2D eigenvalue weighted by Crippen LogP contribution is -2.18. The fraction of sp³-hybridized carbons (Fsp3) is 0.500. The van der Waals surface area contributed by atoms with Crippen LogP contribution in [-0.2, 0) is 6.42 Å². The average Bonchev–Trinajstić information content (AvgIpc) is 2.16. The van der Waals surface area contributed by atoms with Crippen LogP contribution in [0.3, 0.4) is 0 Å². The van der Waals surface area contributed by atoms with Crippen LogP contribution >= 0.6 is 0 Å². The van der Waals surface area contributed by atoms with Gasteiger partial charge in [0, 0.05) is 6.04 Å². The van der Waals surface area contributed by atoms with Crippen molar-refractivity contribution in [3.63, 3.8) is 0 Å². The first-order valence-corrected chi connectivity index (χ1v) is 5.10. The van der Waals surface area contributed by atoms with E-state index in [1.807, 2.05) is 6.92 Å². The molecule has 1 rings (SSSR count). The van der Waals surface area contributed by atoms with E-state index in [0.717, 1.165) is 17.5 Å². The standard InChI is InChI=1S/C12H18FN/c1-4-9-7-10(13)5-6-11(9)12(14)8(2)3/h5-8,12H,4,14H2,1-3H3/t12-/m1/s1. The molecule has 2 N–H and O–H groups in total. The van der Waals surface area contributed by atoms with Crippen molar-refractivity contribution in [1.82, 2.24) is 0 Å². The molecule has 0 radical (unpaired) electrons. The zero-order chi connectivity index (χ0) is 10.7. The summed E-state index contributed by atoms with van der Waals surface area (Å²) >= 11 is 0. The quantitative estimate of drug-likeness (QED) is 0.788. The molecular formula is C12H18FN. The Morgan fingerprint density at radius 2 is 2.00 bits per heavy atom. The van der Waals surface area contributed by atoms with Crippen molar-refractivity contribution in [3.05, 3.63) is 35.1 Å². The second-order valence-corrected chi connectivity index (χ2v) is 3.97. The van der Waals surface area contributed by atoms with Crippen LogP contribution in [0.2, 0.25) is 0 Å². The summed E-state index contributed by atoms with van der Waals surface area (Å²) in [6.45, 7) is 6.17. The van der Waals surface area contributed by atoms with Crippen molar-refractivity contribution in [2.24, 2.45) is 11.7 Å². The van der Waals surface area contributed by atoms with Gasteiger partial charge in [0.05, 0.1) is 0 Å². The third-order valence-electron chi connectivity index (χ3n) is 2.56. The molecule has 0 fully saturated rings. The predicted octanol–water partition coefficient (Wildman–Crippen LogP) is 3.04. The first kappa shape index (κ1) is 11.2. The van der Waals surface area contributed by atoms with Crippen molar-refractivity contribution < 1.29 is 4.39 Å².